The fraction of sp³-hybridized carbons (Fsp3) is 0.333. The smallest absolute Gasteiger partial charge is 0.284 e. The normalized spacial score (nSPS) is 13.6. The Kier molecular flexibility index (Phi) is 2.59. The maximum atomic E-state index is 12.6. The van der Waals surface area contributed by atoms with Crippen LogP contribution in [0.1, 0.15) is 6.23 Å². The van der Waals surface area contributed by atoms with Crippen LogP contribution in [0.25, 0.3) is 11.0 Å². The highest BCUT2D eigenvalue weighted by molar-refractivity contribution is 5.73. The Morgan fingerprint density at radius 1 is 1.33 bits per heavy atom. The Bertz CT molecular complexity index is 457. The summed E-state index contributed by atoms with van der Waals surface area (Å²) in [6, 6.07) is 6.88. The van der Waals surface area contributed by atoms with Crippen molar-refractivity contribution in [3.63, 3.8) is 0 Å². The minimum atomic E-state index is -2.64. The number of halogens is 2. The van der Waals surface area contributed by atoms with Gasteiger partial charge in [-0.25, -0.2) is 13.5 Å². The van der Waals surface area contributed by atoms with Gasteiger partial charge in [0.1, 0.15) is 5.52 Å². The van der Waals surface area contributed by atoms with E-state index < -0.39 is 12.7 Å². The van der Waals surface area contributed by atoms with Crippen molar-refractivity contribution in [2.45, 2.75) is 12.7 Å². The van der Waals surface area contributed by atoms with Crippen LogP contribution in [0.15, 0.2) is 24.3 Å². The molecule has 6 heteroatoms. The molecule has 1 aromatic carbocycles. The van der Waals surface area contributed by atoms with Crippen LogP contribution in [-0.4, -0.2) is 28.5 Å². The van der Waals surface area contributed by atoms with E-state index >= 15 is 0 Å². The van der Waals surface area contributed by atoms with E-state index in [1.165, 1.54) is 7.11 Å². The predicted molar refractivity (Wildman–Crippen MR) is 49.6 cm³/mol. The summed E-state index contributed by atoms with van der Waals surface area (Å²) in [5, 5.41) is 7.42. The van der Waals surface area contributed by atoms with E-state index in [-0.39, 0.29) is 0 Å². The number of ether oxygens (including phenoxy) is 1. The fourth-order valence-electron chi connectivity index (χ4n) is 1.38. The van der Waals surface area contributed by atoms with Gasteiger partial charge in [0.15, 0.2) is 0 Å². The highest BCUT2D eigenvalue weighted by Crippen LogP contribution is 2.21. The number of hydrogen-bond acceptors (Lipinski definition) is 3. The highest BCUT2D eigenvalue weighted by Gasteiger charge is 2.24. The van der Waals surface area contributed by atoms with E-state index in [2.05, 4.69) is 15.0 Å². The second-order valence-electron chi connectivity index (χ2n) is 2.98. The largest absolute Gasteiger partial charge is 0.354 e. The monoisotopic (exact) mass is 213 g/mol. The topological polar surface area (TPSA) is 39.9 Å². The molecular formula is C9H9F2N3O. The van der Waals surface area contributed by atoms with Crippen molar-refractivity contribution in [1.82, 2.24) is 15.0 Å². The van der Waals surface area contributed by atoms with Gasteiger partial charge < -0.3 is 4.74 Å². The quantitative estimate of drug-likeness (QED) is 0.781. The summed E-state index contributed by atoms with van der Waals surface area (Å²) in [6.45, 7) is 0. The molecule has 0 amide bonds. The molecular weight excluding hydrogens is 204 g/mol. The lowest BCUT2D eigenvalue weighted by Crippen LogP contribution is -2.20. The van der Waals surface area contributed by atoms with Gasteiger partial charge in [-0.3, -0.25) is 0 Å². The molecule has 1 atom stereocenters. The number of benzene rings is 1. The van der Waals surface area contributed by atoms with Crippen molar-refractivity contribution in [3.05, 3.63) is 24.3 Å². The first-order valence-corrected chi connectivity index (χ1v) is 4.35. The van der Waals surface area contributed by atoms with E-state index in [0.29, 0.717) is 11.0 Å². The van der Waals surface area contributed by atoms with E-state index in [1.807, 2.05) is 0 Å². The number of rotatable bonds is 3. The summed E-state index contributed by atoms with van der Waals surface area (Å²) < 4.78 is 30.9. The van der Waals surface area contributed by atoms with Crippen molar-refractivity contribution in [2.75, 3.05) is 7.11 Å². The van der Waals surface area contributed by atoms with Gasteiger partial charge in [0.25, 0.3) is 6.43 Å². The molecule has 1 unspecified atom stereocenters. The molecule has 80 valence electrons. The third-order valence-corrected chi connectivity index (χ3v) is 2.08. The molecule has 0 aliphatic carbocycles. The average Bonchev–Trinajstić information content (AvgIpc) is 2.63. The summed E-state index contributed by atoms with van der Waals surface area (Å²) in [5.41, 5.74) is 1.10. The SMILES string of the molecule is COC(C(F)F)n1nnc2ccccc21. The number of nitrogens with zero attached hydrogens (tertiary/aromatic N) is 3. The van der Waals surface area contributed by atoms with Gasteiger partial charge in [-0.2, -0.15) is 0 Å². The molecule has 0 bridgehead atoms. The van der Waals surface area contributed by atoms with Crippen molar-refractivity contribution in [2.24, 2.45) is 0 Å². The summed E-state index contributed by atoms with van der Waals surface area (Å²) in [7, 11) is 1.22. The highest BCUT2D eigenvalue weighted by atomic mass is 19.3. The van der Waals surface area contributed by atoms with Gasteiger partial charge in [0, 0.05) is 7.11 Å². The van der Waals surface area contributed by atoms with Gasteiger partial charge >= 0.3 is 0 Å². The van der Waals surface area contributed by atoms with Crippen LogP contribution in [0.5, 0.6) is 0 Å². The van der Waals surface area contributed by atoms with E-state index in [0.717, 1.165) is 4.68 Å². The van der Waals surface area contributed by atoms with Crippen LogP contribution in [0, 0.1) is 0 Å². The Morgan fingerprint density at radius 3 is 2.73 bits per heavy atom. The van der Waals surface area contributed by atoms with Crippen LogP contribution in [0.3, 0.4) is 0 Å². The lowest BCUT2D eigenvalue weighted by atomic mass is 10.3. The lowest BCUT2D eigenvalue weighted by Gasteiger charge is -2.14. The molecule has 0 aliphatic rings. The van der Waals surface area contributed by atoms with Crippen LogP contribution in [-0.2, 0) is 4.74 Å². The molecule has 4 nitrogen and oxygen atoms in total. The van der Waals surface area contributed by atoms with Crippen LogP contribution in [0.2, 0.25) is 0 Å². The molecule has 0 fully saturated rings. The number of hydrogen-bond donors (Lipinski definition) is 0. The van der Waals surface area contributed by atoms with Crippen LogP contribution in [0.4, 0.5) is 8.78 Å². The van der Waals surface area contributed by atoms with Gasteiger partial charge in [-0.1, -0.05) is 17.3 Å². The summed E-state index contributed by atoms with van der Waals surface area (Å²) >= 11 is 0. The van der Waals surface area contributed by atoms with Crippen LogP contribution >= 0.6 is 0 Å². The van der Waals surface area contributed by atoms with Gasteiger partial charge in [0.05, 0.1) is 5.52 Å². The molecule has 0 saturated carbocycles. The lowest BCUT2D eigenvalue weighted by molar-refractivity contribution is -0.0822. The Hall–Kier alpha value is -1.56. The maximum Gasteiger partial charge on any atom is 0.284 e. The second-order valence-corrected chi connectivity index (χ2v) is 2.98. The van der Waals surface area contributed by atoms with E-state index in [9.17, 15) is 8.78 Å². The van der Waals surface area contributed by atoms with Crippen molar-refractivity contribution in [1.29, 1.82) is 0 Å². The van der Waals surface area contributed by atoms with Crippen LogP contribution < -0.4 is 0 Å². The van der Waals surface area contributed by atoms with Crippen molar-refractivity contribution < 1.29 is 13.5 Å². The fourth-order valence-corrected chi connectivity index (χ4v) is 1.38. The summed E-state index contributed by atoms with van der Waals surface area (Å²) in [6.07, 6.45) is -4.03. The molecule has 1 heterocycles. The molecule has 0 radical (unpaired) electrons. The van der Waals surface area contributed by atoms with E-state index in [4.69, 9.17) is 0 Å². The molecule has 0 saturated heterocycles. The summed E-state index contributed by atoms with van der Waals surface area (Å²) in [5.74, 6) is 0. The second kappa shape index (κ2) is 3.90. The third-order valence-electron chi connectivity index (χ3n) is 2.08. The summed E-state index contributed by atoms with van der Waals surface area (Å²) in [4.78, 5) is 0. The number of alkyl halides is 2. The van der Waals surface area contributed by atoms with E-state index in [1.54, 1.807) is 24.3 Å². The molecule has 0 spiro atoms. The van der Waals surface area contributed by atoms with Gasteiger partial charge in [-0.05, 0) is 12.1 Å². The number of methoxy groups -OCH3 is 1. The number of fused-ring (bicyclic) bond motifs is 1. The zero-order chi connectivity index (χ0) is 10.8. The molecule has 0 N–H and O–H groups in total. The predicted octanol–water partition coefficient (Wildman–Crippen LogP) is 1.84. The Labute approximate surface area is 84.4 Å². The molecule has 15 heavy (non-hydrogen) atoms. The van der Waals surface area contributed by atoms with Crippen molar-refractivity contribution in [3.8, 4) is 0 Å². The molecule has 2 aromatic rings. The Balaban J connectivity index is 2.51. The molecule has 0 aliphatic heterocycles. The maximum absolute atomic E-state index is 12.6. The Morgan fingerprint density at radius 2 is 2.07 bits per heavy atom. The zero-order valence-electron chi connectivity index (χ0n) is 7.97. The third kappa shape index (κ3) is 1.68. The average molecular weight is 213 g/mol. The number of aromatic nitrogens is 3. The molecule has 1 aromatic heterocycles. The number of para-hydroxylation sites is 1. The van der Waals surface area contributed by atoms with Crippen molar-refractivity contribution >= 4 is 11.0 Å². The van der Waals surface area contributed by atoms with Gasteiger partial charge in [0.2, 0.25) is 6.23 Å². The first-order valence-electron chi connectivity index (χ1n) is 4.35. The standard InChI is InChI=1S/C9H9F2N3O/c1-15-9(8(10)11)14-7-5-3-2-4-6(7)12-13-14/h2-5,8-9H,1H3. The van der Waals surface area contributed by atoms with Gasteiger partial charge in [-0.15, -0.1) is 5.10 Å². The molecule has 2 rings (SSSR count). The minimum Gasteiger partial charge on any atom is -0.354 e. The zero-order valence-corrected chi connectivity index (χ0v) is 7.97. The first-order chi connectivity index (χ1) is 7.24. The first kappa shape index (κ1) is 9.97. The minimum absolute atomic E-state index is 0.532.